The van der Waals surface area contributed by atoms with Crippen molar-refractivity contribution in [2.45, 2.75) is 11.3 Å². The zero-order valence-corrected chi connectivity index (χ0v) is 19.1. The Balaban J connectivity index is 1.86. The van der Waals surface area contributed by atoms with Crippen molar-refractivity contribution < 1.29 is 27.1 Å². The van der Waals surface area contributed by atoms with Crippen LogP contribution in [0.1, 0.15) is 5.56 Å². The number of nitrogens with one attached hydrogen (secondary N) is 1. The van der Waals surface area contributed by atoms with Gasteiger partial charge in [-0.05, 0) is 48.4 Å². The summed E-state index contributed by atoms with van der Waals surface area (Å²) < 4.78 is 51.6. The summed E-state index contributed by atoms with van der Waals surface area (Å²) in [6.07, 6.45) is 0.414. The number of hydrogen-bond donors (Lipinski definition) is 1. The number of hydrogen-bond acceptors (Lipinski definition) is 5. The van der Waals surface area contributed by atoms with E-state index in [9.17, 15) is 17.6 Å². The summed E-state index contributed by atoms with van der Waals surface area (Å²) in [4.78, 5) is 12.6. The summed E-state index contributed by atoms with van der Waals surface area (Å²) in [5.41, 5.74) is 1.30. The van der Waals surface area contributed by atoms with Crippen LogP contribution in [0.3, 0.4) is 0 Å². The second-order valence-electron chi connectivity index (χ2n) is 7.15. The largest absolute Gasteiger partial charge is 0.493 e. The van der Waals surface area contributed by atoms with E-state index in [2.05, 4.69) is 5.32 Å². The number of carbonyl (C=O) groups is 1. The van der Waals surface area contributed by atoms with Crippen LogP contribution in [-0.4, -0.2) is 45.9 Å². The molecule has 33 heavy (non-hydrogen) atoms. The molecule has 0 aliphatic rings. The van der Waals surface area contributed by atoms with Crippen molar-refractivity contribution in [3.05, 3.63) is 84.2 Å². The van der Waals surface area contributed by atoms with Gasteiger partial charge in [-0.3, -0.25) is 4.79 Å². The maximum absolute atomic E-state index is 13.5. The van der Waals surface area contributed by atoms with Crippen LogP contribution in [0.25, 0.3) is 0 Å². The maximum atomic E-state index is 13.5. The lowest BCUT2D eigenvalue weighted by atomic mass is 10.1. The van der Waals surface area contributed by atoms with Crippen molar-refractivity contribution in [2.75, 3.05) is 32.6 Å². The molecule has 0 radical (unpaired) electrons. The summed E-state index contributed by atoms with van der Waals surface area (Å²) in [6.45, 7) is -0.335. The Morgan fingerprint density at radius 1 is 0.939 bits per heavy atom. The van der Waals surface area contributed by atoms with Gasteiger partial charge in [0.05, 0.1) is 25.7 Å². The molecule has 3 aromatic rings. The topological polar surface area (TPSA) is 84.9 Å². The maximum Gasteiger partial charge on any atom is 0.243 e. The Hall–Kier alpha value is -3.43. The van der Waals surface area contributed by atoms with E-state index in [1.54, 1.807) is 0 Å². The van der Waals surface area contributed by atoms with Gasteiger partial charge in [0.2, 0.25) is 15.9 Å². The Morgan fingerprint density at radius 2 is 1.61 bits per heavy atom. The second-order valence-corrected chi connectivity index (χ2v) is 9.08. The smallest absolute Gasteiger partial charge is 0.243 e. The quantitative estimate of drug-likeness (QED) is 0.486. The van der Waals surface area contributed by atoms with Crippen LogP contribution in [0.15, 0.2) is 77.7 Å². The zero-order chi connectivity index (χ0) is 23.8. The highest BCUT2D eigenvalue weighted by molar-refractivity contribution is 7.89. The molecular weight excluding hydrogens is 447 g/mol. The van der Waals surface area contributed by atoms with Gasteiger partial charge in [-0.1, -0.05) is 30.3 Å². The number of benzene rings is 3. The van der Waals surface area contributed by atoms with Gasteiger partial charge in [0.1, 0.15) is 5.82 Å². The van der Waals surface area contributed by atoms with Crippen LogP contribution in [-0.2, 0) is 21.2 Å². The molecule has 174 valence electrons. The van der Waals surface area contributed by atoms with E-state index in [-0.39, 0.29) is 17.2 Å². The van der Waals surface area contributed by atoms with E-state index >= 15 is 0 Å². The lowest BCUT2D eigenvalue weighted by Gasteiger charge is -2.22. The molecule has 0 saturated heterocycles. The van der Waals surface area contributed by atoms with Crippen LogP contribution < -0.4 is 14.8 Å². The predicted octanol–water partition coefficient (Wildman–Crippen LogP) is 3.72. The minimum atomic E-state index is -4.05. The van der Waals surface area contributed by atoms with Gasteiger partial charge in [-0.15, -0.1) is 0 Å². The molecule has 0 fully saturated rings. The Morgan fingerprint density at radius 3 is 2.24 bits per heavy atom. The number of rotatable bonds is 10. The molecule has 1 amide bonds. The van der Waals surface area contributed by atoms with Gasteiger partial charge in [0, 0.05) is 18.3 Å². The standard InChI is InChI=1S/C24H25FN2O5S/c1-31-22-13-12-21(16-23(22)32-2)33(29,30)27(15-14-18-6-4-3-5-7-18)17-24(28)26-20-10-8-19(25)9-11-20/h3-13,16H,14-15,17H2,1-2H3,(H,26,28). The fraction of sp³-hybridized carbons (Fsp3) is 0.208. The molecule has 0 heterocycles. The van der Waals surface area contributed by atoms with E-state index in [0.717, 1.165) is 9.87 Å². The van der Waals surface area contributed by atoms with Gasteiger partial charge in [0.25, 0.3) is 0 Å². The zero-order valence-electron chi connectivity index (χ0n) is 18.3. The lowest BCUT2D eigenvalue weighted by Crippen LogP contribution is -2.39. The molecule has 7 nitrogen and oxygen atoms in total. The molecule has 0 saturated carbocycles. The first kappa shape index (κ1) is 24.2. The van der Waals surface area contributed by atoms with Crippen LogP contribution >= 0.6 is 0 Å². The van der Waals surface area contributed by atoms with Gasteiger partial charge in [-0.2, -0.15) is 4.31 Å². The fourth-order valence-corrected chi connectivity index (χ4v) is 4.62. The third-order valence-corrected chi connectivity index (χ3v) is 6.77. The fourth-order valence-electron chi connectivity index (χ4n) is 3.20. The molecule has 0 aliphatic carbocycles. The highest BCUT2D eigenvalue weighted by Gasteiger charge is 2.27. The van der Waals surface area contributed by atoms with Crippen molar-refractivity contribution in [1.29, 1.82) is 0 Å². The van der Waals surface area contributed by atoms with Crippen molar-refractivity contribution in [1.82, 2.24) is 4.31 Å². The van der Waals surface area contributed by atoms with E-state index in [4.69, 9.17) is 9.47 Å². The van der Waals surface area contributed by atoms with Gasteiger partial charge >= 0.3 is 0 Å². The van der Waals surface area contributed by atoms with Crippen molar-refractivity contribution in [2.24, 2.45) is 0 Å². The first-order chi connectivity index (χ1) is 15.8. The molecule has 3 rings (SSSR count). The SMILES string of the molecule is COc1ccc(S(=O)(=O)N(CCc2ccccc2)CC(=O)Nc2ccc(F)cc2)cc1OC. The molecule has 3 aromatic carbocycles. The summed E-state index contributed by atoms with van der Waals surface area (Å²) in [5.74, 6) is -0.328. The molecule has 0 unspecified atom stereocenters. The van der Waals surface area contributed by atoms with Crippen LogP contribution in [0.4, 0.5) is 10.1 Å². The van der Waals surface area contributed by atoms with Gasteiger partial charge in [-0.25, -0.2) is 12.8 Å². The molecule has 1 N–H and O–H groups in total. The highest BCUT2D eigenvalue weighted by Crippen LogP contribution is 2.30. The normalized spacial score (nSPS) is 11.3. The van der Waals surface area contributed by atoms with Crippen LogP contribution in [0.5, 0.6) is 11.5 Å². The third-order valence-electron chi connectivity index (χ3n) is 4.93. The first-order valence-electron chi connectivity index (χ1n) is 10.1. The van der Waals surface area contributed by atoms with Crippen molar-refractivity contribution in [3.8, 4) is 11.5 Å². The lowest BCUT2D eigenvalue weighted by molar-refractivity contribution is -0.116. The number of ether oxygens (including phenoxy) is 2. The van der Waals surface area contributed by atoms with Gasteiger partial charge in [0.15, 0.2) is 11.5 Å². The van der Waals surface area contributed by atoms with E-state index in [1.807, 2.05) is 30.3 Å². The minimum absolute atomic E-state index is 0.0252. The minimum Gasteiger partial charge on any atom is -0.493 e. The third kappa shape index (κ3) is 6.30. The number of carbonyl (C=O) groups excluding carboxylic acids is 1. The molecule has 0 aliphatic heterocycles. The highest BCUT2D eigenvalue weighted by atomic mass is 32.2. The first-order valence-corrected chi connectivity index (χ1v) is 11.6. The average Bonchev–Trinajstić information content (AvgIpc) is 2.83. The number of sulfonamides is 1. The van der Waals surface area contributed by atoms with Crippen LogP contribution in [0.2, 0.25) is 0 Å². The van der Waals surface area contributed by atoms with Crippen molar-refractivity contribution in [3.63, 3.8) is 0 Å². The number of methoxy groups -OCH3 is 2. The Labute approximate surface area is 192 Å². The summed E-state index contributed by atoms with van der Waals surface area (Å²) in [7, 11) is -1.18. The molecular formula is C24H25FN2O5S. The van der Waals surface area contributed by atoms with Crippen molar-refractivity contribution >= 4 is 21.6 Å². The number of anilines is 1. The number of amides is 1. The van der Waals surface area contributed by atoms with Gasteiger partial charge < -0.3 is 14.8 Å². The molecule has 0 spiro atoms. The predicted molar refractivity (Wildman–Crippen MR) is 123 cm³/mol. The average molecular weight is 473 g/mol. The Kier molecular flexibility index (Phi) is 8.02. The van der Waals surface area contributed by atoms with Crippen LogP contribution in [0, 0.1) is 5.82 Å². The number of nitrogens with zero attached hydrogens (tertiary/aromatic N) is 1. The van der Waals surface area contributed by atoms with E-state index in [0.29, 0.717) is 17.9 Å². The van der Waals surface area contributed by atoms with E-state index < -0.39 is 28.3 Å². The Bertz CT molecular complexity index is 1190. The summed E-state index contributed by atoms with van der Waals surface area (Å²) in [6, 6.07) is 18.9. The molecule has 0 bridgehead atoms. The monoisotopic (exact) mass is 472 g/mol. The molecule has 0 aromatic heterocycles. The molecule has 0 atom stereocenters. The summed E-state index contributed by atoms with van der Waals surface area (Å²) in [5, 5.41) is 2.61. The number of halogens is 1. The summed E-state index contributed by atoms with van der Waals surface area (Å²) >= 11 is 0. The second kappa shape index (κ2) is 10.9. The van der Waals surface area contributed by atoms with E-state index in [1.165, 1.54) is 56.7 Å². The molecule has 9 heteroatoms.